The first kappa shape index (κ1) is 73.3. The van der Waals surface area contributed by atoms with E-state index in [1.165, 1.54) is 13.8 Å². The molecule has 0 aromatic heterocycles. The van der Waals surface area contributed by atoms with Gasteiger partial charge in [-0.05, 0) is 117 Å². The molecule has 0 aromatic carbocycles. The lowest BCUT2D eigenvalue weighted by molar-refractivity contribution is -0.379. The molecule has 6 aliphatic heterocycles. The van der Waals surface area contributed by atoms with Crippen molar-refractivity contribution in [3.8, 4) is 0 Å². The van der Waals surface area contributed by atoms with Gasteiger partial charge >= 0.3 is 5.97 Å². The van der Waals surface area contributed by atoms with Crippen LogP contribution in [0.2, 0.25) is 0 Å². The molecule has 30 heteroatoms. The van der Waals surface area contributed by atoms with Crippen molar-refractivity contribution < 1.29 is 148 Å². The third kappa shape index (κ3) is 12.5. The number of allylic oxidation sites excluding steroid dienone is 2. The molecule has 6 saturated heterocycles. The topological polar surface area (TPSA) is 472 Å². The van der Waals surface area contributed by atoms with Crippen molar-refractivity contribution in [1.82, 2.24) is 0 Å². The highest BCUT2D eigenvalue weighted by molar-refractivity contribution is 5.79. The molecule has 5 aliphatic carbocycles. The molecule has 10 fully saturated rings. The highest BCUT2D eigenvalue weighted by Crippen LogP contribution is 2.76. The lowest BCUT2D eigenvalue weighted by Crippen LogP contribution is -2.67. The molecule has 94 heavy (non-hydrogen) atoms. The predicted molar refractivity (Wildman–Crippen MR) is 315 cm³/mol. The van der Waals surface area contributed by atoms with Crippen LogP contribution >= 0.6 is 0 Å². The average Bonchev–Trinajstić information content (AvgIpc) is 0.676. The summed E-state index contributed by atoms with van der Waals surface area (Å²) in [6.45, 7) is 13.7. The van der Waals surface area contributed by atoms with Gasteiger partial charge in [0.25, 0.3) is 0 Å². The van der Waals surface area contributed by atoms with Crippen molar-refractivity contribution in [2.24, 2.45) is 50.2 Å². The molecule has 0 unspecified atom stereocenters. The minimum atomic E-state index is -1.92. The van der Waals surface area contributed by atoms with E-state index in [9.17, 15) is 86.8 Å². The zero-order valence-electron chi connectivity index (χ0n) is 54.6. The average molecular weight is 1350 g/mol. The maximum absolute atomic E-state index is 15.3. The lowest BCUT2D eigenvalue weighted by Gasteiger charge is -2.71. The van der Waals surface area contributed by atoms with Gasteiger partial charge in [0.05, 0.1) is 56.8 Å². The van der Waals surface area contributed by atoms with E-state index in [1.54, 1.807) is 0 Å². The van der Waals surface area contributed by atoms with Gasteiger partial charge in [0.2, 0.25) is 6.29 Å². The van der Waals surface area contributed by atoms with E-state index in [1.807, 2.05) is 6.92 Å². The van der Waals surface area contributed by atoms with Gasteiger partial charge in [-0.15, -0.1) is 0 Å². The fourth-order valence-corrected chi connectivity index (χ4v) is 18.7. The molecule has 37 atom stereocenters. The van der Waals surface area contributed by atoms with Crippen molar-refractivity contribution in [3.63, 3.8) is 0 Å². The van der Waals surface area contributed by atoms with Crippen molar-refractivity contribution in [1.29, 1.82) is 0 Å². The van der Waals surface area contributed by atoms with Crippen LogP contribution in [0.25, 0.3) is 0 Å². The Hall–Kier alpha value is -1.91. The van der Waals surface area contributed by atoms with Gasteiger partial charge in [0, 0.05) is 5.41 Å². The predicted octanol–water partition coefficient (Wildman–Crippen LogP) is -4.08. The Morgan fingerprint density at radius 1 is 0.511 bits per heavy atom. The minimum absolute atomic E-state index is 0.0747. The number of rotatable bonds is 15. The number of ether oxygens (including phenoxy) is 12. The van der Waals surface area contributed by atoms with Crippen LogP contribution in [0.15, 0.2) is 11.6 Å². The number of aliphatic hydroxyl groups is 17. The molecule has 11 rings (SSSR count). The van der Waals surface area contributed by atoms with E-state index in [0.717, 1.165) is 12.0 Å². The Kier molecular flexibility index (Phi) is 21.4. The maximum Gasteiger partial charge on any atom is 0.315 e. The molecule has 6 heterocycles. The van der Waals surface area contributed by atoms with Crippen molar-refractivity contribution in [3.05, 3.63) is 11.6 Å². The van der Waals surface area contributed by atoms with Crippen LogP contribution in [-0.4, -0.2) is 304 Å². The monoisotopic (exact) mass is 1350 g/mol. The largest absolute Gasteiger partial charge is 0.432 e. The second-order valence-electron chi connectivity index (χ2n) is 30.8. The fourth-order valence-electron chi connectivity index (χ4n) is 18.7. The van der Waals surface area contributed by atoms with Crippen molar-refractivity contribution in [2.45, 2.75) is 298 Å². The van der Waals surface area contributed by atoms with E-state index in [4.69, 9.17) is 56.8 Å². The summed E-state index contributed by atoms with van der Waals surface area (Å²) in [5, 5.41) is 185. The second-order valence-corrected chi connectivity index (χ2v) is 30.8. The van der Waals surface area contributed by atoms with E-state index in [2.05, 4.69) is 40.7 Å². The smallest absolute Gasteiger partial charge is 0.315 e. The van der Waals surface area contributed by atoms with Gasteiger partial charge in [-0.2, -0.15) is 0 Å². The molecule has 17 N–H and O–H groups in total. The Morgan fingerprint density at radius 2 is 1.09 bits per heavy atom. The van der Waals surface area contributed by atoms with Crippen molar-refractivity contribution in [2.75, 3.05) is 33.0 Å². The molecule has 0 bridgehead atoms. The molecule has 11 aliphatic rings. The van der Waals surface area contributed by atoms with Gasteiger partial charge in [0.15, 0.2) is 31.5 Å². The summed E-state index contributed by atoms with van der Waals surface area (Å²) in [4.78, 5) is 15.3. The molecule has 0 aromatic rings. The number of carbonyl (C=O) groups excluding carboxylic acids is 1. The molecular weight excluding hydrogens is 1250 g/mol. The van der Waals surface area contributed by atoms with Gasteiger partial charge < -0.3 is 144 Å². The normalized spacial score (nSPS) is 55.3. The third-order valence-electron chi connectivity index (χ3n) is 24.9. The highest BCUT2D eigenvalue weighted by Gasteiger charge is 2.71. The van der Waals surface area contributed by atoms with Gasteiger partial charge in [-0.1, -0.05) is 53.2 Å². The van der Waals surface area contributed by atoms with E-state index in [-0.39, 0.29) is 47.2 Å². The summed E-state index contributed by atoms with van der Waals surface area (Å²) in [6, 6.07) is 0. The van der Waals surface area contributed by atoms with Gasteiger partial charge in [-0.3, -0.25) is 4.79 Å². The first-order chi connectivity index (χ1) is 44.1. The summed E-state index contributed by atoms with van der Waals surface area (Å²) in [5.74, 6) is -1.01. The van der Waals surface area contributed by atoms with Crippen LogP contribution in [0.4, 0.5) is 0 Å². The summed E-state index contributed by atoms with van der Waals surface area (Å²) in [7, 11) is 0. The van der Waals surface area contributed by atoms with Crippen LogP contribution in [0.5, 0.6) is 0 Å². The Labute approximate surface area is 545 Å². The summed E-state index contributed by atoms with van der Waals surface area (Å²) in [5.41, 5.74) is -2.22. The van der Waals surface area contributed by atoms with Crippen LogP contribution in [0.1, 0.15) is 120 Å². The second kappa shape index (κ2) is 27.5. The van der Waals surface area contributed by atoms with E-state index >= 15 is 4.79 Å². The molecule has 4 saturated carbocycles. The van der Waals surface area contributed by atoms with Gasteiger partial charge in [0.1, 0.15) is 122 Å². The van der Waals surface area contributed by atoms with E-state index in [0.29, 0.717) is 57.8 Å². The molecule has 0 spiro atoms. The number of aliphatic hydroxyl groups excluding tert-OH is 17. The lowest BCUT2D eigenvalue weighted by atomic mass is 9.33. The molecule has 540 valence electrons. The SMILES string of the molecule is C[C@@H]1O[C@H](O[C@H]2[C@H](O)[C@@H](O)[C@H](OC[C@H]3O[C@@H](OC(=O)[C@]45CCC(C)(C)C[C@H]4C4=CC[C@@H]6[C@@]7(C)CC[C@H](O[C@H]8OC[C@H](O)[C@H](O)[C@H]8O[C@H]8O[C@@H](C)[C@H](O)[C@@H](O[C@@H]9OC[C@@H](O)[C@H](O)[C@H]9O)[C@H]8O)[C@@](C)(CO)[C@@H]7CC[C@@]6(C)[C@]4(C)CC5)[C@H](O)[C@@H](O)[C@@H]3O)O[C@@H]2CO)[C@H](O)[C@H](O)[C@H]1O. The number of hydrogen-bond donors (Lipinski definition) is 17. The zero-order chi connectivity index (χ0) is 68.4. The number of fused-ring (bicyclic) bond motifs is 7. The summed E-state index contributed by atoms with van der Waals surface area (Å²) < 4.78 is 71.3. The Morgan fingerprint density at radius 3 is 1.77 bits per heavy atom. The standard InChI is InChI=1S/C64H104O30/c1-25-36(69)41(74)45(78)54(86-25)91-49-31(20-65)88-52(47(80)43(49)76)85-23-32-40(73)42(75)46(79)55(89-32)94-58(82)64-17-15-59(3,4)19-28(64)27-9-10-34-60(5)13-12-35(61(6,24-66)33(60)11-14-63(34,8)62(27,7)16-18-64)90-57-51(39(72)30(68)22-84-57)93-56-48(81)50(37(70)26(2)87-56)92-53-44(77)38(71)29(67)21-83-53/h9,25-26,28-57,65-81H,10-24H2,1-8H3/t25-,26-,28-,29+,30-,31+,32+,33+,34+,35-,36-,37-,38-,39-,40+,41+,42-,43+,44+,45+,46+,47+,48+,49+,50+,51+,52+,53-,54+,55-,56+,57+,60-,61-,62+,63+,64-/m0/s1. The highest BCUT2D eigenvalue weighted by atomic mass is 16.8. The van der Waals surface area contributed by atoms with Crippen LogP contribution < -0.4 is 0 Å². The molecule has 0 amide bonds. The Bertz CT molecular complexity index is 2640. The summed E-state index contributed by atoms with van der Waals surface area (Å²) >= 11 is 0. The number of esters is 1. The molecule has 0 radical (unpaired) electrons. The molecule has 30 nitrogen and oxygen atoms in total. The van der Waals surface area contributed by atoms with Crippen LogP contribution in [0, 0.1) is 50.2 Å². The minimum Gasteiger partial charge on any atom is -0.432 e. The Balaban J connectivity index is 0.771. The van der Waals surface area contributed by atoms with Crippen molar-refractivity contribution >= 4 is 5.97 Å². The number of hydrogen-bond acceptors (Lipinski definition) is 30. The zero-order valence-corrected chi connectivity index (χ0v) is 54.6. The first-order valence-electron chi connectivity index (χ1n) is 33.5. The van der Waals surface area contributed by atoms with Crippen LogP contribution in [0.3, 0.4) is 0 Å². The number of carbonyl (C=O) groups is 1. The van der Waals surface area contributed by atoms with Gasteiger partial charge in [-0.25, -0.2) is 0 Å². The first-order valence-corrected chi connectivity index (χ1v) is 33.5. The summed E-state index contributed by atoms with van der Waals surface area (Å²) in [6.07, 6.45) is -37.4. The maximum atomic E-state index is 15.3. The molecular formula is C64H104O30. The van der Waals surface area contributed by atoms with E-state index < -0.39 is 220 Å². The fraction of sp³-hybridized carbons (Fsp3) is 0.953. The quantitative estimate of drug-likeness (QED) is 0.0421. The third-order valence-corrected chi connectivity index (χ3v) is 24.9. The van der Waals surface area contributed by atoms with Crippen LogP contribution in [-0.2, 0) is 61.6 Å².